The van der Waals surface area contributed by atoms with Crippen LogP contribution in [-0.4, -0.2) is 36.0 Å². The van der Waals surface area contributed by atoms with Crippen LogP contribution in [0.2, 0.25) is 0 Å². The maximum atomic E-state index is 13.6. The van der Waals surface area contributed by atoms with Crippen molar-refractivity contribution in [1.29, 1.82) is 0 Å². The van der Waals surface area contributed by atoms with Crippen LogP contribution in [0.5, 0.6) is 23.0 Å². The third kappa shape index (κ3) is 2.81. The Hall–Kier alpha value is -3.80. The van der Waals surface area contributed by atoms with Crippen LogP contribution in [0.3, 0.4) is 0 Å². The minimum Gasteiger partial charge on any atom is -0.507 e. The molecule has 6 heteroatoms. The SMILES string of the molecule is COc1ccc(C(=O)C2c3cccc(O)c3C(=O)c3c(O)cccc32)cc1OC. The van der Waals surface area contributed by atoms with E-state index in [0.717, 1.165) is 0 Å². The third-order valence-corrected chi connectivity index (χ3v) is 5.16. The van der Waals surface area contributed by atoms with Gasteiger partial charge in [-0.2, -0.15) is 0 Å². The van der Waals surface area contributed by atoms with Crippen molar-refractivity contribution >= 4 is 11.6 Å². The molecule has 0 bridgehead atoms. The summed E-state index contributed by atoms with van der Waals surface area (Å²) in [5.74, 6) is -1.25. The molecule has 0 heterocycles. The van der Waals surface area contributed by atoms with E-state index in [4.69, 9.17) is 9.47 Å². The van der Waals surface area contributed by atoms with Gasteiger partial charge in [-0.15, -0.1) is 0 Å². The molecule has 1 aliphatic carbocycles. The largest absolute Gasteiger partial charge is 0.507 e. The van der Waals surface area contributed by atoms with Crippen LogP contribution in [-0.2, 0) is 0 Å². The zero-order valence-electron chi connectivity index (χ0n) is 15.8. The molecule has 0 aromatic heterocycles. The lowest BCUT2D eigenvalue weighted by Gasteiger charge is -2.27. The van der Waals surface area contributed by atoms with Crippen molar-refractivity contribution in [3.05, 3.63) is 82.4 Å². The summed E-state index contributed by atoms with van der Waals surface area (Å²) >= 11 is 0. The van der Waals surface area contributed by atoms with Gasteiger partial charge in [0.05, 0.1) is 31.3 Å². The summed E-state index contributed by atoms with van der Waals surface area (Å²) in [5.41, 5.74) is 1.20. The van der Waals surface area contributed by atoms with Gasteiger partial charge in [-0.1, -0.05) is 24.3 Å². The summed E-state index contributed by atoms with van der Waals surface area (Å²) in [7, 11) is 2.98. The van der Waals surface area contributed by atoms with E-state index in [9.17, 15) is 19.8 Å². The molecule has 2 N–H and O–H groups in total. The molecule has 0 unspecified atom stereocenters. The van der Waals surface area contributed by atoms with Gasteiger partial charge in [0, 0.05) is 5.56 Å². The van der Waals surface area contributed by atoms with Crippen molar-refractivity contribution in [2.24, 2.45) is 0 Å². The van der Waals surface area contributed by atoms with Crippen molar-refractivity contribution in [2.45, 2.75) is 5.92 Å². The highest BCUT2D eigenvalue weighted by molar-refractivity contribution is 6.19. The van der Waals surface area contributed by atoms with E-state index in [1.807, 2.05) is 0 Å². The van der Waals surface area contributed by atoms with Gasteiger partial charge in [-0.25, -0.2) is 0 Å². The zero-order chi connectivity index (χ0) is 20.7. The number of fused-ring (bicyclic) bond motifs is 2. The van der Waals surface area contributed by atoms with Gasteiger partial charge in [-0.05, 0) is 41.5 Å². The number of phenolic OH excluding ortho intramolecular Hbond substituents is 2. The number of ketones is 2. The van der Waals surface area contributed by atoms with Crippen molar-refractivity contribution in [2.75, 3.05) is 14.2 Å². The van der Waals surface area contributed by atoms with E-state index in [2.05, 4.69) is 0 Å². The number of Topliss-reactive ketones (excluding diaryl/α,β-unsaturated/α-hetero) is 1. The fraction of sp³-hybridized carbons (Fsp3) is 0.130. The molecule has 3 aromatic carbocycles. The van der Waals surface area contributed by atoms with Gasteiger partial charge in [0.25, 0.3) is 0 Å². The summed E-state index contributed by atoms with van der Waals surface area (Å²) in [6.07, 6.45) is 0. The molecule has 6 nitrogen and oxygen atoms in total. The summed E-state index contributed by atoms with van der Waals surface area (Å²) in [6.45, 7) is 0. The lowest BCUT2D eigenvalue weighted by molar-refractivity contribution is 0.0966. The first kappa shape index (κ1) is 18.6. The number of phenols is 2. The molecule has 146 valence electrons. The highest BCUT2D eigenvalue weighted by atomic mass is 16.5. The second-order valence-electron chi connectivity index (χ2n) is 6.68. The first-order chi connectivity index (χ1) is 14.0. The van der Waals surface area contributed by atoms with Crippen molar-refractivity contribution in [1.82, 2.24) is 0 Å². The summed E-state index contributed by atoms with van der Waals surface area (Å²) in [6, 6.07) is 14.1. The molecule has 0 saturated heterocycles. The highest BCUT2D eigenvalue weighted by Gasteiger charge is 2.38. The molecule has 0 radical (unpaired) electrons. The Morgan fingerprint density at radius 1 is 0.828 bits per heavy atom. The monoisotopic (exact) mass is 390 g/mol. The maximum Gasteiger partial charge on any atom is 0.201 e. The number of hydrogen-bond acceptors (Lipinski definition) is 6. The second kappa shape index (κ2) is 6.98. The number of carbonyl (C=O) groups is 2. The van der Waals surface area contributed by atoms with Gasteiger partial charge >= 0.3 is 0 Å². The lowest BCUT2D eigenvalue weighted by atomic mass is 9.73. The number of aromatic hydroxyl groups is 2. The first-order valence-corrected chi connectivity index (χ1v) is 8.92. The zero-order valence-corrected chi connectivity index (χ0v) is 15.8. The fourth-order valence-corrected chi connectivity index (χ4v) is 3.82. The van der Waals surface area contributed by atoms with Crippen molar-refractivity contribution in [3.63, 3.8) is 0 Å². The summed E-state index contributed by atoms with van der Waals surface area (Å²) in [5, 5.41) is 20.6. The first-order valence-electron chi connectivity index (χ1n) is 8.92. The summed E-state index contributed by atoms with van der Waals surface area (Å²) in [4.78, 5) is 26.5. The molecule has 0 aliphatic heterocycles. The average Bonchev–Trinajstić information content (AvgIpc) is 2.73. The Labute approximate surface area is 167 Å². The maximum absolute atomic E-state index is 13.6. The Bertz CT molecular complexity index is 1090. The van der Waals surface area contributed by atoms with Crippen LogP contribution in [0.4, 0.5) is 0 Å². The van der Waals surface area contributed by atoms with Gasteiger partial charge in [0.15, 0.2) is 17.3 Å². The number of benzene rings is 3. The number of methoxy groups -OCH3 is 2. The molecule has 3 aromatic rings. The quantitative estimate of drug-likeness (QED) is 0.660. The predicted molar refractivity (Wildman–Crippen MR) is 105 cm³/mol. The van der Waals surface area contributed by atoms with E-state index in [0.29, 0.717) is 28.2 Å². The number of ether oxygens (including phenoxy) is 2. The third-order valence-electron chi connectivity index (χ3n) is 5.16. The van der Waals surface area contributed by atoms with E-state index < -0.39 is 11.7 Å². The topological polar surface area (TPSA) is 93.1 Å². The number of hydrogen-bond donors (Lipinski definition) is 2. The minimum absolute atomic E-state index is 0.0281. The molecule has 29 heavy (non-hydrogen) atoms. The number of carbonyl (C=O) groups excluding carboxylic acids is 2. The summed E-state index contributed by atoms with van der Waals surface area (Å²) < 4.78 is 10.5. The standard InChI is InChI=1S/C23H18O6/c1-28-17-10-9-12(11-18(17)29-2)22(26)19-13-5-3-7-15(24)20(13)23(27)21-14(19)6-4-8-16(21)25/h3-11,19,24-25H,1-2H3. The molecule has 0 spiro atoms. The Morgan fingerprint density at radius 2 is 1.38 bits per heavy atom. The Morgan fingerprint density at radius 3 is 1.90 bits per heavy atom. The van der Waals surface area contributed by atoms with Crippen LogP contribution in [0, 0.1) is 0 Å². The molecule has 0 amide bonds. The van der Waals surface area contributed by atoms with E-state index >= 15 is 0 Å². The van der Waals surface area contributed by atoms with Crippen LogP contribution < -0.4 is 9.47 Å². The van der Waals surface area contributed by atoms with Crippen LogP contribution in [0.25, 0.3) is 0 Å². The Balaban J connectivity index is 1.94. The van der Waals surface area contributed by atoms with Gasteiger partial charge in [0.2, 0.25) is 5.78 Å². The van der Waals surface area contributed by atoms with Crippen LogP contribution in [0.15, 0.2) is 54.6 Å². The normalized spacial score (nSPS) is 12.8. The Kier molecular flexibility index (Phi) is 4.47. The van der Waals surface area contributed by atoms with Gasteiger partial charge in [0.1, 0.15) is 11.5 Å². The van der Waals surface area contributed by atoms with Crippen molar-refractivity contribution in [3.8, 4) is 23.0 Å². The molecular weight excluding hydrogens is 372 g/mol. The minimum atomic E-state index is -0.866. The van der Waals surface area contributed by atoms with Gasteiger partial charge in [-0.3, -0.25) is 9.59 Å². The lowest BCUT2D eigenvalue weighted by Crippen LogP contribution is -2.25. The molecule has 0 fully saturated rings. The molecule has 1 aliphatic rings. The highest BCUT2D eigenvalue weighted by Crippen LogP contribution is 2.44. The number of rotatable bonds is 4. The van der Waals surface area contributed by atoms with Gasteiger partial charge < -0.3 is 19.7 Å². The fourth-order valence-electron chi connectivity index (χ4n) is 3.82. The van der Waals surface area contributed by atoms with Crippen molar-refractivity contribution < 1.29 is 29.3 Å². The smallest absolute Gasteiger partial charge is 0.201 e. The van der Waals surface area contributed by atoms with E-state index in [1.165, 1.54) is 26.4 Å². The van der Waals surface area contributed by atoms with E-state index in [1.54, 1.807) is 42.5 Å². The molecule has 0 saturated carbocycles. The average molecular weight is 390 g/mol. The molecular formula is C23H18O6. The second-order valence-corrected chi connectivity index (χ2v) is 6.68. The molecule has 4 rings (SSSR count). The molecule has 0 atom stereocenters. The van der Waals surface area contributed by atoms with E-state index in [-0.39, 0.29) is 28.4 Å². The predicted octanol–water partition coefficient (Wildman–Crippen LogP) is 3.67. The van der Waals surface area contributed by atoms with Crippen LogP contribution in [0.1, 0.15) is 43.3 Å². The van der Waals surface area contributed by atoms with Crippen LogP contribution >= 0.6 is 0 Å².